The second kappa shape index (κ2) is 8.08. The highest BCUT2D eigenvalue weighted by Crippen LogP contribution is 2.37. The fraction of sp³-hybridized carbons (Fsp3) is 0.188. The SMILES string of the molecule is [2H]c1c(-c2ccc3ccccc3c2)c([2H])c2c([2H])c([2H])c(-c3cccc(B4OC(C)(C)C(C)(C)O4)c3)c([2H])c2c1[2H]. The van der Waals surface area contributed by atoms with Crippen LogP contribution in [0.15, 0.2) is 103 Å². The van der Waals surface area contributed by atoms with Gasteiger partial charge < -0.3 is 9.31 Å². The van der Waals surface area contributed by atoms with Crippen LogP contribution in [0.4, 0.5) is 0 Å². The van der Waals surface area contributed by atoms with Gasteiger partial charge in [-0.05, 0) is 95.1 Å². The highest BCUT2D eigenvalue weighted by Gasteiger charge is 2.51. The summed E-state index contributed by atoms with van der Waals surface area (Å²) in [6.45, 7) is 7.87. The van der Waals surface area contributed by atoms with Gasteiger partial charge in [-0.15, -0.1) is 0 Å². The van der Waals surface area contributed by atoms with Crippen LogP contribution in [0.2, 0.25) is 0 Å². The molecule has 1 saturated heterocycles. The molecule has 0 bridgehead atoms. The summed E-state index contributed by atoms with van der Waals surface area (Å²) >= 11 is 0. The van der Waals surface area contributed by atoms with E-state index in [1.165, 1.54) is 0 Å². The normalized spacial score (nSPS) is 19.1. The Hall–Kier alpha value is -3.40. The van der Waals surface area contributed by atoms with Crippen molar-refractivity contribution < 1.29 is 17.5 Å². The van der Waals surface area contributed by atoms with E-state index in [9.17, 15) is 0 Å². The van der Waals surface area contributed by atoms with E-state index >= 15 is 0 Å². The van der Waals surface area contributed by atoms with E-state index < -0.39 is 18.3 Å². The molecule has 2 nitrogen and oxygen atoms in total. The third-order valence-electron chi connectivity index (χ3n) is 7.11. The minimum atomic E-state index is -0.643. The van der Waals surface area contributed by atoms with Gasteiger partial charge in [0.2, 0.25) is 0 Å². The number of hydrogen-bond donors (Lipinski definition) is 0. The zero-order chi connectivity index (χ0) is 29.4. The molecular weight excluding hydrogens is 427 g/mol. The molecule has 1 aliphatic rings. The molecule has 0 amide bonds. The standard InChI is InChI=1S/C32H29BO2/c1-31(2)32(3,4)35-33(34-31)30-11-7-10-24(21-30)25-14-15-29-20-28(17-16-27(29)19-25)26-13-12-22-8-5-6-9-23(22)18-26/h5-21H,1-4H3/i14D,15D,16D,17D,19D,20D. The maximum atomic E-state index is 9.09. The van der Waals surface area contributed by atoms with Crippen LogP contribution in [0.5, 0.6) is 0 Å². The van der Waals surface area contributed by atoms with Crippen LogP contribution < -0.4 is 5.46 Å². The van der Waals surface area contributed by atoms with Crippen molar-refractivity contribution in [1.29, 1.82) is 0 Å². The van der Waals surface area contributed by atoms with Crippen molar-refractivity contribution in [2.24, 2.45) is 0 Å². The Morgan fingerprint density at radius 1 is 0.571 bits per heavy atom. The summed E-state index contributed by atoms with van der Waals surface area (Å²) in [5, 5.41) is 2.01. The van der Waals surface area contributed by atoms with Crippen molar-refractivity contribution in [1.82, 2.24) is 0 Å². The molecule has 35 heavy (non-hydrogen) atoms. The fourth-order valence-electron chi connectivity index (χ4n) is 4.33. The highest BCUT2D eigenvalue weighted by molar-refractivity contribution is 6.62. The van der Waals surface area contributed by atoms with Crippen LogP contribution in [0, 0.1) is 0 Å². The van der Waals surface area contributed by atoms with Crippen molar-refractivity contribution in [2.45, 2.75) is 38.9 Å². The average molecular weight is 462 g/mol. The number of benzene rings is 5. The van der Waals surface area contributed by atoms with E-state index in [1.54, 1.807) is 24.3 Å². The lowest BCUT2D eigenvalue weighted by atomic mass is 9.78. The largest absolute Gasteiger partial charge is 0.494 e. The number of rotatable bonds is 3. The lowest BCUT2D eigenvalue weighted by molar-refractivity contribution is 0.00578. The minimum Gasteiger partial charge on any atom is -0.399 e. The number of fused-ring (bicyclic) bond motifs is 2. The van der Waals surface area contributed by atoms with Gasteiger partial charge >= 0.3 is 7.12 Å². The van der Waals surface area contributed by atoms with Gasteiger partial charge in [0.15, 0.2) is 0 Å². The van der Waals surface area contributed by atoms with E-state index in [4.69, 9.17) is 17.5 Å². The first kappa shape index (κ1) is 16.3. The van der Waals surface area contributed by atoms with E-state index in [0.29, 0.717) is 16.6 Å². The third-order valence-corrected chi connectivity index (χ3v) is 7.11. The summed E-state index contributed by atoms with van der Waals surface area (Å²) in [6.07, 6.45) is 0. The molecule has 0 radical (unpaired) electrons. The van der Waals surface area contributed by atoms with Crippen LogP contribution in [-0.2, 0) is 9.31 Å². The van der Waals surface area contributed by atoms with Crippen LogP contribution in [0.1, 0.15) is 35.9 Å². The topological polar surface area (TPSA) is 18.5 Å². The molecule has 5 aromatic carbocycles. The summed E-state index contributed by atoms with van der Waals surface area (Å²) in [4.78, 5) is 0. The van der Waals surface area contributed by atoms with Gasteiger partial charge in [-0.1, -0.05) is 84.8 Å². The summed E-state index contributed by atoms with van der Waals surface area (Å²) in [5.41, 5.74) is 1.13. The maximum Gasteiger partial charge on any atom is 0.494 e. The Morgan fingerprint density at radius 3 is 1.83 bits per heavy atom. The Labute approximate surface area is 216 Å². The fourth-order valence-corrected chi connectivity index (χ4v) is 4.33. The van der Waals surface area contributed by atoms with Crippen LogP contribution >= 0.6 is 0 Å². The first-order valence-electron chi connectivity index (χ1n) is 14.8. The Bertz CT molecular complexity index is 1870. The Morgan fingerprint density at radius 2 is 1.17 bits per heavy atom. The van der Waals surface area contributed by atoms with Crippen LogP contribution in [0.3, 0.4) is 0 Å². The molecule has 1 heterocycles. The second-order valence-corrected chi connectivity index (χ2v) is 10.0. The summed E-state index contributed by atoms with van der Waals surface area (Å²) in [5.74, 6) is 0. The molecule has 1 fully saturated rings. The smallest absolute Gasteiger partial charge is 0.399 e. The van der Waals surface area contributed by atoms with Gasteiger partial charge in [-0.2, -0.15) is 0 Å². The molecular formula is C32H29BO2. The van der Waals surface area contributed by atoms with Crippen molar-refractivity contribution in [3.05, 3.63) is 103 Å². The molecule has 0 atom stereocenters. The molecule has 0 saturated carbocycles. The van der Waals surface area contributed by atoms with Gasteiger partial charge in [0.1, 0.15) is 0 Å². The molecule has 5 aromatic rings. The average Bonchev–Trinajstić information content (AvgIpc) is 3.16. The van der Waals surface area contributed by atoms with Crippen LogP contribution in [-0.4, -0.2) is 18.3 Å². The van der Waals surface area contributed by atoms with Gasteiger partial charge in [0, 0.05) is 0 Å². The Balaban J connectivity index is 1.54. The van der Waals surface area contributed by atoms with Crippen molar-refractivity contribution in [3.8, 4) is 22.3 Å². The van der Waals surface area contributed by atoms with Crippen molar-refractivity contribution >= 4 is 34.1 Å². The summed E-state index contributed by atoms with van der Waals surface area (Å²) < 4.78 is 66.1. The zero-order valence-electron chi connectivity index (χ0n) is 26.2. The monoisotopic (exact) mass is 462 g/mol. The van der Waals surface area contributed by atoms with Gasteiger partial charge in [-0.25, -0.2) is 0 Å². The molecule has 0 spiro atoms. The van der Waals surface area contributed by atoms with Crippen LogP contribution in [0.25, 0.3) is 43.8 Å². The van der Waals surface area contributed by atoms with Crippen molar-refractivity contribution in [2.75, 3.05) is 0 Å². The molecule has 0 unspecified atom stereocenters. The van der Waals surface area contributed by atoms with Gasteiger partial charge in [0.05, 0.1) is 19.4 Å². The second-order valence-electron chi connectivity index (χ2n) is 10.0. The van der Waals surface area contributed by atoms with Gasteiger partial charge in [-0.3, -0.25) is 0 Å². The molecule has 3 heteroatoms. The Kier molecular flexibility index (Phi) is 3.77. The third kappa shape index (κ3) is 3.95. The molecule has 1 aliphatic heterocycles. The van der Waals surface area contributed by atoms with E-state index in [1.807, 2.05) is 70.2 Å². The first-order valence-corrected chi connectivity index (χ1v) is 11.8. The first-order chi connectivity index (χ1) is 19.3. The van der Waals surface area contributed by atoms with Gasteiger partial charge in [0.25, 0.3) is 0 Å². The molecule has 172 valence electrons. The quantitative estimate of drug-likeness (QED) is 0.257. The number of hydrogen-bond acceptors (Lipinski definition) is 2. The van der Waals surface area contributed by atoms with E-state index in [0.717, 1.165) is 10.8 Å². The lowest BCUT2D eigenvalue weighted by Gasteiger charge is -2.32. The lowest BCUT2D eigenvalue weighted by Crippen LogP contribution is -2.41. The zero-order valence-corrected chi connectivity index (χ0v) is 20.2. The maximum absolute atomic E-state index is 9.09. The predicted octanol–water partition coefficient (Wildman–Crippen LogP) is 7.63. The summed E-state index contributed by atoms with van der Waals surface area (Å²) in [7, 11) is -0.643. The van der Waals surface area contributed by atoms with E-state index in [2.05, 4.69) is 0 Å². The minimum absolute atomic E-state index is 0.0292. The predicted molar refractivity (Wildman–Crippen MR) is 148 cm³/mol. The van der Waals surface area contributed by atoms with Crippen molar-refractivity contribution in [3.63, 3.8) is 0 Å². The highest BCUT2D eigenvalue weighted by atomic mass is 16.7. The molecule has 6 rings (SSSR count). The molecule has 0 aromatic heterocycles. The summed E-state index contributed by atoms with van der Waals surface area (Å²) in [6, 6.07) is 19.4. The van der Waals surface area contributed by atoms with E-state index in [-0.39, 0.29) is 58.2 Å². The molecule has 0 aliphatic carbocycles. The molecule has 0 N–H and O–H groups in total.